The van der Waals surface area contributed by atoms with Gasteiger partial charge in [0.15, 0.2) is 0 Å². The number of Topliss-reactive ketones (excluding diaryl/α,β-unsaturated/α-hetero) is 1. The van der Waals surface area contributed by atoms with Crippen LogP contribution in [0.25, 0.3) is 5.76 Å². The molecule has 1 saturated heterocycles. The van der Waals surface area contributed by atoms with E-state index >= 15 is 0 Å². The van der Waals surface area contributed by atoms with Gasteiger partial charge < -0.3 is 14.6 Å². The number of aromatic nitrogens is 1. The largest absolute Gasteiger partial charge is 0.507 e. The number of ether oxygens (including phenoxy) is 2. The summed E-state index contributed by atoms with van der Waals surface area (Å²) in [5.74, 6) is -0.504. The summed E-state index contributed by atoms with van der Waals surface area (Å²) in [6.45, 7) is 1.84. The van der Waals surface area contributed by atoms with Crippen LogP contribution in [-0.2, 0) is 9.59 Å². The van der Waals surface area contributed by atoms with Gasteiger partial charge >= 0.3 is 0 Å². The summed E-state index contributed by atoms with van der Waals surface area (Å²) >= 11 is 0. The lowest BCUT2D eigenvalue weighted by Crippen LogP contribution is -2.29. The Morgan fingerprint density at radius 2 is 1.75 bits per heavy atom. The summed E-state index contributed by atoms with van der Waals surface area (Å²) in [5, 5.41) is 11.2. The highest BCUT2D eigenvalue weighted by atomic mass is 16.5. The number of amides is 1. The van der Waals surface area contributed by atoms with Crippen LogP contribution >= 0.6 is 0 Å². The van der Waals surface area contributed by atoms with E-state index in [1.807, 2.05) is 6.92 Å². The van der Waals surface area contributed by atoms with E-state index in [0.717, 1.165) is 5.56 Å². The maximum atomic E-state index is 13.1. The van der Waals surface area contributed by atoms with E-state index in [2.05, 4.69) is 4.98 Å². The van der Waals surface area contributed by atoms with Gasteiger partial charge in [-0.2, -0.15) is 0 Å². The molecule has 1 aromatic heterocycles. The zero-order valence-electron chi connectivity index (χ0n) is 17.9. The third-order valence-electron chi connectivity index (χ3n) is 5.43. The van der Waals surface area contributed by atoms with Gasteiger partial charge in [-0.25, -0.2) is 0 Å². The molecule has 1 fully saturated rings. The number of rotatable bonds is 5. The van der Waals surface area contributed by atoms with E-state index in [1.54, 1.807) is 81.1 Å². The van der Waals surface area contributed by atoms with Crippen molar-refractivity contribution in [2.45, 2.75) is 13.0 Å². The molecule has 0 spiro atoms. The molecule has 7 heteroatoms. The van der Waals surface area contributed by atoms with Gasteiger partial charge in [0.25, 0.3) is 11.7 Å². The number of aliphatic hydroxyl groups is 1. The van der Waals surface area contributed by atoms with Crippen LogP contribution in [0.3, 0.4) is 0 Å². The van der Waals surface area contributed by atoms with E-state index in [4.69, 9.17) is 9.47 Å². The van der Waals surface area contributed by atoms with Crippen molar-refractivity contribution in [3.8, 4) is 11.5 Å². The molecule has 32 heavy (non-hydrogen) atoms. The van der Waals surface area contributed by atoms with Crippen molar-refractivity contribution in [1.29, 1.82) is 0 Å². The highest BCUT2D eigenvalue weighted by Gasteiger charge is 2.47. The van der Waals surface area contributed by atoms with Gasteiger partial charge in [-0.1, -0.05) is 6.07 Å². The molecular formula is C25H22N2O5. The van der Waals surface area contributed by atoms with Gasteiger partial charge in [-0.15, -0.1) is 0 Å². The molecule has 1 N–H and O–H groups in total. The van der Waals surface area contributed by atoms with Crippen LogP contribution in [0.1, 0.15) is 22.9 Å². The molecule has 7 nitrogen and oxygen atoms in total. The first-order valence-electron chi connectivity index (χ1n) is 9.97. The zero-order valence-corrected chi connectivity index (χ0v) is 17.9. The standard InChI is InChI=1S/C25H22N2O5/c1-15-14-16(7-12-20(15)32-3)23(28)21-22(19-6-4-5-13-26-19)27(25(30)24(21)29)17-8-10-18(31-2)11-9-17/h4-14,22,28H,1-3H3/b23-21-. The molecular weight excluding hydrogens is 408 g/mol. The molecule has 1 amide bonds. The average molecular weight is 430 g/mol. The minimum absolute atomic E-state index is 0.0194. The fourth-order valence-corrected chi connectivity index (χ4v) is 3.84. The maximum absolute atomic E-state index is 13.1. The van der Waals surface area contributed by atoms with Crippen LogP contribution in [0.5, 0.6) is 11.5 Å². The monoisotopic (exact) mass is 430 g/mol. The lowest BCUT2D eigenvalue weighted by atomic mass is 9.97. The maximum Gasteiger partial charge on any atom is 0.300 e. The van der Waals surface area contributed by atoms with E-state index in [-0.39, 0.29) is 11.3 Å². The average Bonchev–Trinajstić information content (AvgIpc) is 3.09. The van der Waals surface area contributed by atoms with E-state index < -0.39 is 17.7 Å². The molecule has 1 atom stereocenters. The Morgan fingerprint density at radius 1 is 1.00 bits per heavy atom. The lowest BCUT2D eigenvalue weighted by molar-refractivity contribution is -0.132. The second-order valence-electron chi connectivity index (χ2n) is 7.31. The molecule has 1 unspecified atom stereocenters. The highest BCUT2D eigenvalue weighted by Crippen LogP contribution is 2.42. The van der Waals surface area contributed by atoms with Gasteiger partial charge in [0.2, 0.25) is 0 Å². The van der Waals surface area contributed by atoms with Crippen molar-refractivity contribution in [2.75, 3.05) is 19.1 Å². The fourth-order valence-electron chi connectivity index (χ4n) is 3.84. The van der Waals surface area contributed by atoms with Crippen molar-refractivity contribution in [1.82, 2.24) is 4.98 Å². The minimum Gasteiger partial charge on any atom is -0.507 e. The van der Waals surface area contributed by atoms with Gasteiger partial charge in [0.05, 0.1) is 25.5 Å². The molecule has 162 valence electrons. The number of nitrogens with zero attached hydrogens (tertiary/aromatic N) is 2. The number of aliphatic hydroxyl groups excluding tert-OH is 1. The number of pyridine rings is 1. The third-order valence-corrected chi connectivity index (χ3v) is 5.43. The van der Waals surface area contributed by atoms with Crippen LogP contribution in [-0.4, -0.2) is 36.0 Å². The second kappa shape index (κ2) is 8.55. The number of anilines is 1. The van der Waals surface area contributed by atoms with Gasteiger partial charge in [-0.05, 0) is 67.1 Å². The molecule has 2 aromatic carbocycles. The summed E-state index contributed by atoms with van der Waals surface area (Å²) in [6, 6.07) is 16.2. The number of ketones is 1. The fraction of sp³-hybridized carbons (Fsp3) is 0.160. The highest BCUT2D eigenvalue weighted by molar-refractivity contribution is 6.51. The van der Waals surface area contributed by atoms with Gasteiger partial charge in [0.1, 0.15) is 23.3 Å². The van der Waals surface area contributed by atoms with Crippen molar-refractivity contribution < 1.29 is 24.2 Å². The smallest absolute Gasteiger partial charge is 0.300 e. The molecule has 4 rings (SSSR count). The second-order valence-corrected chi connectivity index (χ2v) is 7.31. The summed E-state index contributed by atoms with van der Waals surface area (Å²) in [6.07, 6.45) is 1.58. The third kappa shape index (κ3) is 3.58. The topological polar surface area (TPSA) is 89.0 Å². The molecule has 0 saturated carbocycles. The minimum atomic E-state index is -0.882. The lowest BCUT2D eigenvalue weighted by Gasteiger charge is -2.24. The van der Waals surface area contributed by atoms with Gasteiger partial charge in [-0.3, -0.25) is 19.5 Å². The molecule has 3 aromatic rings. The first kappa shape index (κ1) is 21.1. The predicted molar refractivity (Wildman–Crippen MR) is 120 cm³/mol. The van der Waals surface area contributed by atoms with Gasteiger partial charge in [0, 0.05) is 17.4 Å². The molecule has 0 aliphatic carbocycles. The quantitative estimate of drug-likeness (QED) is 0.373. The summed E-state index contributed by atoms with van der Waals surface area (Å²) in [7, 11) is 3.11. The Balaban J connectivity index is 1.90. The zero-order chi connectivity index (χ0) is 22.8. The molecule has 1 aliphatic heterocycles. The number of hydrogen-bond donors (Lipinski definition) is 1. The van der Waals surface area contributed by atoms with E-state index in [1.165, 1.54) is 4.90 Å². The molecule has 0 radical (unpaired) electrons. The van der Waals surface area contributed by atoms with E-state index in [9.17, 15) is 14.7 Å². The molecule has 0 bridgehead atoms. The summed E-state index contributed by atoms with van der Waals surface area (Å²) < 4.78 is 10.5. The predicted octanol–water partition coefficient (Wildman–Crippen LogP) is 4.03. The molecule has 1 aliphatic rings. The van der Waals surface area contributed by atoms with Crippen molar-refractivity contribution in [2.24, 2.45) is 0 Å². The number of methoxy groups -OCH3 is 2. The summed E-state index contributed by atoms with van der Waals surface area (Å²) in [4.78, 5) is 32.0. The number of hydrogen-bond acceptors (Lipinski definition) is 6. The van der Waals surface area contributed by atoms with Crippen molar-refractivity contribution in [3.05, 3.63) is 89.3 Å². The Kier molecular flexibility index (Phi) is 5.64. The van der Waals surface area contributed by atoms with Crippen LogP contribution in [0, 0.1) is 6.92 Å². The Hall–Kier alpha value is -4.13. The Labute approximate surface area is 185 Å². The van der Waals surface area contributed by atoms with Crippen LogP contribution in [0.15, 0.2) is 72.4 Å². The number of carbonyl (C=O) groups excluding carboxylic acids is 2. The Bertz CT molecular complexity index is 1200. The number of benzene rings is 2. The first-order chi connectivity index (χ1) is 15.5. The van der Waals surface area contributed by atoms with E-state index in [0.29, 0.717) is 28.4 Å². The Morgan fingerprint density at radius 3 is 2.34 bits per heavy atom. The number of carbonyl (C=O) groups is 2. The number of aryl methyl sites for hydroxylation is 1. The van der Waals surface area contributed by atoms with Crippen LogP contribution in [0.4, 0.5) is 5.69 Å². The first-order valence-corrected chi connectivity index (χ1v) is 9.97. The summed E-state index contributed by atoms with van der Waals surface area (Å²) in [5.41, 5.74) is 2.14. The van der Waals surface area contributed by atoms with Crippen LogP contribution < -0.4 is 14.4 Å². The van der Waals surface area contributed by atoms with Crippen LogP contribution in [0.2, 0.25) is 0 Å². The molecule has 2 heterocycles. The SMILES string of the molecule is COc1ccc(N2C(=O)C(=O)/C(=C(\O)c3ccc(OC)c(C)c3)C2c2ccccn2)cc1. The van der Waals surface area contributed by atoms with Crippen molar-refractivity contribution >= 4 is 23.1 Å². The normalized spacial score (nSPS) is 17.5. The van der Waals surface area contributed by atoms with Crippen molar-refractivity contribution in [3.63, 3.8) is 0 Å².